The average Bonchev–Trinajstić information content (AvgIpc) is 3.14. The largest absolute Gasteiger partial charge is 0.465 e. The molecular formula is C21H24F2N4O3. The molecule has 0 radical (unpaired) electrons. The van der Waals surface area contributed by atoms with Crippen LogP contribution in [0.2, 0.25) is 0 Å². The molecule has 1 aromatic heterocycles. The number of aromatic nitrogens is 2. The van der Waals surface area contributed by atoms with Gasteiger partial charge in [0.05, 0.1) is 0 Å². The molecule has 1 aromatic carbocycles. The van der Waals surface area contributed by atoms with Gasteiger partial charge < -0.3 is 10.0 Å². The highest BCUT2D eigenvalue weighted by Gasteiger charge is 2.28. The Hall–Kier alpha value is -3.10. The molecule has 2 aliphatic rings. The van der Waals surface area contributed by atoms with E-state index in [1.165, 1.54) is 44.5 Å². The van der Waals surface area contributed by atoms with Gasteiger partial charge >= 0.3 is 6.09 Å². The number of hydrogen-bond acceptors (Lipinski definition) is 4. The summed E-state index contributed by atoms with van der Waals surface area (Å²) in [5, 5.41) is 10.4. The third-order valence-electron chi connectivity index (χ3n) is 5.19. The molecule has 7 nitrogen and oxygen atoms in total. The smallest absolute Gasteiger partial charge is 0.411 e. The lowest BCUT2D eigenvalue weighted by atomic mass is 9.94. The molecule has 2 N–H and O–H groups in total. The van der Waals surface area contributed by atoms with Gasteiger partial charge in [0.1, 0.15) is 11.6 Å². The molecule has 2 amide bonds. The molecule has 160 valence electrons. The van der Waals surface area contributed by atoms with Crippen molar-refractivity contribution in [3.05, 3.63) is 42.2 Å². The third kappa shape index (κ3) is 5.95. The molecule has 0 atom stereocenters. The number of anilines is 1. The van der Waals surface area contributed by atoms with Crippen LogP contribution in [0.25, 0.3) is 11.1 Å². The summed E-state index contributed by atoms with van der Waals surface area (Å²) < 4.78 is 26.0. The first kappa shape index (κ1) is 21.6. The van der Waals surface area contributed by atoms with Crippen LogP contribution in [0.15, 0.2) is 30.6 Å². The molecule has 2 aromatic rings. The molecule has 1 aliphatic carbocycles. The van der Waals surface area contributed by atoms with Crippen LogP contribution in [0, 0.1) is 11.6 Å². The second kappa shape index (κ2) is 10.1. The van der Waals surface area contributed by atoms with Crippen molar-refractivity contribution in [1.82, 2.24) is 14.9 Å². The van der Waals surface area contributed by atoms with Gasteiger partial charge in [0.15, 0.2) is 0 Å². The summed E-state index contributed by atoms with van der Waals surface area (Å²) in [6, 6.07) is 3.62. The number of likely N-dealkylation sites (tertiary alicyclic amines) is 1. The van der Waals surface area contributed by atoms with Gasteiger partial charge in [-0.1, -0.05) is 19.3 Å². The van der Waals surface area contributed by atoms with E-state index in [9.17, 15) is 18.4 Å². The van der Waals surface area contributed by atoms with Gasteiger partial charge in [-0.2, -0.15) is 0 Å². The van der Waals surface area contributed by atoms with E-state index in [4.69, 9.17) is 5.11 Å². The van der Waals surface area contributed by atoms with Gasteiger partial charge in [-0.3, -0.25) is 10.1 Å². The highest BCUT2D eigenvalue weighted by molar-refractivity contribution is 5.80. The fraction of sp³-hybridized carbons (Fsp3) is 0.429. The van der Waals surface area contributed by atoms with Gasteiger partial charge in [0.25, 0.3) is 0 Å². The molecule has 0 spiro atoms. The second-order valence-corrected chi connectivity index (χ2v) is 7.37. The first-order chi connectivity index (χ1) is 14.4. The van der Waals surface area contributed by atoms with Crippen LogP contribution in [0.3, 0.4) is 0 Å². The summed E-state index contributed by atoms with van der Waals surface area (Å²) in [6.45, 7) is 1.03. The van der Waals surface area contributed by atoms with Gasteiger partial charge in [0, 0.05) is 43.0 Å². The molecule has 2 fully saturated rings. The fourth-order valence-corrected chi connectivity index (χ4v) is 3.81. The van der Waals surface area contributed by atoms with Crippen LogP contribution < -0.4 is 5.32 Å². The average molecular weight is 418 g/mol. The standard InChI is InChI=1S/C11H7F2N3O2.C10H17NO/c12-8-1-6(2-9(13)3-8)7-4-14-10(15-5-7)16-11(17)18;12-10-7-4-8-11(10)9-5-2-1-3-6-9/h1-5H,(H,17,18)(H,14,15,16);9H,1-8H2. The number of carboxylic acid groups (broad SMARTS) is 1. The minimum atomic E-state index is -1.29. The van der Waals surface area contributed by atoms with Crippen LogP contribution in [0.1, 0.15) is 44.9 Å². The van der Waals surface area contributed by atoms with Crippen LogP contribution in [-0.4, -0.2) is 44.6 Å². The summed E-state index contributed by atoms with van der Waals surface area (Å²) in [5.74, 6) is -1.12. The second-order valence-electron chi connectivity index (χ2n) is 7.37. The van der Waals surface area contributed by atoms with E-state index < -0.39 is 17.7 Å². The third-order valence-corrected chi connectivity index (χ3v) is 5.19. The van der Waals surface area contributed by atoms with E-state index in [0.717, 1.165) is 37.6 Å². The molecule has 4 rings (SSSR count). The van der Waals surface area contributed by atoms with Crippen LogP contribution >= 0.6 is 0 Å². The van der Waals surface area contributed by atoms with Crippen molar-refractivity contribution < 1.29 is 23.5 Å². The maximum atomic E-state index is 13.0. The molecule has 1 aliphatic heterocycles. The Balaban J connectivity index is 0.000000184. The monoisotopic (exact) mass is 418 g/mol. The Morgan fingerprint density at radius 2 is 1.63 bits per heavy atom. The summed E-state index contributed by atoms with van der Waals surface area (Å²) in [6.07, 6.45) is 9.68. The number of rotatable bonds is 3. The van der Waals surface area contributed by atoms with Gasteiger partial charge in [-0.25, -0.2) is 23.5 Å². The van der Waals surface area contributed by atoms with Crippen LogP contribution in [0.5, 0.6) is 0 Å². The van der Waals surface area contributed by atoms with E-state index in [1.54, 1.807) is 0 Å². The quantitative estimate of drug-likeness (QED) is 0.768. The molecule has 2 heterocycles. The lowest BCUT2D eigenvalue weighted by molar-refractivity contribution is -0.130. The summed E-state index contributed by atoms with van der Waals surface area (Å²) >= 11 is 0. The number of amides is 2. The molecule has 9 heteroatoms. The Labute approximate surface area is 173 Å². The Kier molecular flexibility index (Phi) is 7.26. The van der Waals surface area contributed by atoms with Gasteiger partial charge in [0.2, 0.25) is 11.9 Å². The van der Waals surface area contributed by atoms with Crippen molar-refractivity contribution in [2.24, 2.45) is 0 Å². The van der Waals surface area contributed by atoms with Gasteiger partial charge in [-0.05, 0) is 37.0 Å². The summed E-state index contributed by atoms with van der Waals surface area (Å²) in [7, 11) is 0. The highest BCUT2D eigenvalue weighted by atomic mass is 19.1. The van der Waals surface area contributed by atoms with E-state index in [1.807, 2.05) is 5.32 Å². The van der Waals surface area contributed by atoms with Gasteiger partial charge in [-0.15, -0.1) is 0 Å². The number of benzene rings is 1. The van der Waals surface area contributed by atoms with E-state index in [2.05, 4.69) is 14.9 Å². The molecule has 1 saturated heterocycles. The van der Waals surface area contributed by atoms with E-state index >= 15 is 0 Å². The SMILES string of the molecule is O=C(O)Nc1ncc(-c2cc(F)cc(F)c2)cn1.O=C1CCCN1C1CCCCC1. The topological polar surface area (TPSA) is 95.4 Å². The van der Waals surface area contributed by atoms with E-state index in [0.29, 0.717) is 17.5 Å². The molecule has 0 bridgehead atoms. The van der Waals surface area contributed by atoms with E-state index in [-0.39, 0.29) is 11.5 Å². The lowest BCUT2D eigenvalue weighted by Crippen LogP contribution is -2.37. The number of carbonyl (C=O) groups is 2. The molecule has 1 saturated carbocycles. The zero-order chi connectivity index (χ0) is 21.5. The number of nitrogens with one attached hydrogen (secondary N) is 1. The highest BCUT2D eigenvalue weighted by Crippen LogP contribution is 2.26. The van der Waals surface area contributed by atoms with Crippen LogP contribution in [-0.2, 0) is 4.79 Å². The fourth-order valence-electron chi connectivity index (χ4n) is 3.81. The lowest BCUT2D eigenvalue weighted by Gasteiger charge is -2.30. The predicted octanol–water partition coefficient (Wildman–Crippen LogP) is 4.45. The predicted molar refractivity (Wildman–Crippen MR) is 107 cm³/mol. The molecular weight excluding hydrogens is 394 g/mol. The first-order valence-electron chi connectivity index (χ1n) is 10.0. The van der Waals surface area contributed by atoms with Crippen molar-refractivity contribution in [3.8, 4) is 11.1 Å². The maximum Gasteiger partial charge on any atom is 0.411 e. The van der Waals surface area contributed by atoms with Crippen molar-refractivity contribution in [2.75, 3.05) is 11.9 Å². The minimum Gasteiger partial charge on any atom is -0.465 e. The number of nitrogens with zero attached hydrogens (tertiary/aromatic N) is 3. The zero-order valence-corrected chi connectivity index (χ0v) is 16.5. The number of halogens is 2. The van der Waals surface area contributed by atoms with Crippen molar-refractivity contribution >= 4 is 17.9 Å². The minimum absolute atomic E-state index is 0.108. The van der Waals surface area contributed by atoms with Crippen molar-refractivity contribution in [1.29, 1.82) is 0 Å². The Morgan fingerprint density at radius 3 is 2.17 bits per heavy atom. The molecule has 30 heavy (non-hydrogen) atoms. The summed E-state index contributed by atoms with van der Waals surface area (Å²) in [4.78, 5) is 31.3. The zero-order valence-electron chi connectivity index (χ0n) is 16.5. The number of carbonyl (C=O) groups excluding carboxylic acids is 1. The van der Waals surface area contributed by atoms with Crippen LogP contribution in [0.4, 0.5) is 19.5 Å². The maximum absolute atomic E-state index is 13.0. The summed E-state index contributed by atoms with van der Waals surface area (Å²) in [5.41, 5.74) is 0.652. The first-order valence-corrected chi connectivity index (χ1v) is 10.0. The Bertz CT molecular complexity index is 866. The Morgan fingerprint density at radius 1 is 1.00 bits per heavy atom. The van der Waals surface area contributed by atoms with Crippen molar-refractivity contribution in [2.45, 2.75) is 51.0 Å². The number of hydrogen-bond donors (Lipinski definition) is 2. The molecule has 0 unspecified atom stereocenters. The normalized spacial score (nSPS) is 16.7. The van der Waals surface area contributed by atoms with Crippen molar-refractivity contribution in [3.63, 3.8) is 0 Å².